The van der Waals surface area contributed by atoms with E-state index in [4.69, 9.17) is 0 Å². The molecule has 6 atom stereocenters. The van der Waals surface area contributed by atoms with Crippen LogP contribution in [0.3, 0.4) is 0 Å². The highest BCUT2D eigenvalue weighted by atomic mass is 16.1. The molecule has 2 bridgehead atoms. The number of rotatable bonds is 2. The van der Waals surface area contributed by atoms with E-state index in [9.17, 15) is 4.79 Å². The van der Waals surface area contributed by atoms with Gasteiger partial charge in [-0.1, -0.05) is 34.6 Å². The summed E-state index contributed by atoms with van der Waals surface area (Å²) in [6.45, 7) is 14.1. The molecule has 1 heteroatoms. The smallest absolute Gasteiger partial charge is 0.133 e. The molecule has 0 N–H and O–H groups in total. The largest absolute Gasteiger partial charge is 0.300 e. The molecule has 0 aromatic carbocycles. The van der Waals surface area contributed by atoms with Crippen molar-refractivity contribution in [1.82, 2.24) is 0 Å². The van der Waals surface area contributed by atoms with Gasteiger partial charge in [0, 0.05) is 5.92 Å². The zero-order valence-corrected chi connectivity index (χ0v) is 14.3. The number of carbonyl (C=O) groups excluding carboxylic acids is 1. The molecule has 3 aliphatic rings. The molecule has 6 unspecified atom stereocenters. The highest BCUT2D eigenvalue weighted by molar-refractivity contribution is 5.79. The summed E-state index contributed by atoms with van der Waals surface area (Å²) in [5, 5.41) is 0. The molecule has 1 spiro atoms. The van der Waals surface area contributed by atoms with Gasteiger partial charge in [0.15, 0.2) is 0 Å². The van der Waals surface area contributed by atoms with E-state index in [-0.39, 0.29) is 5.41 Å². The van der Waals surface area contributed by atoms with Crippen molar-refractivity contribution in [2.45, 2.75) is 73.6 Å². The third-order valence-corrected chi connectivity index (χ3v) is 8.37. The topological polar surface area (TPSA) is 17.1 Å². The molecule has 20 heavy (non-hydrogen) atoms. The molecule has 114 valence electrons. The highest BCUT2D eigenvalue weighted by Gasteiger charge is 2.70. The summed E-state index contributed by atoms with van der Waals surface area (Å²) < 4.78 is 0. The Bertz CT molecular complexity index is 437. The number of ketones is 1. The van der Waals surface area contributed by atoms with Crippen LogP contribution in [0.1, 0.15) is 73.6 Å². The average Bonchev–Trinajstić information content (AvgIpc) is 2.79. The van der Waals surface area contributed by atoms with Gasteiger partial charge in [0.25, 0.3) is 0 Å². The van der Waals surface area contributed by atoms with Crippen LogP contribution in [0.5, 0.6) is 0 Å². The molecule has 0 aromatic rings. The number of hydrogen-bond acceptors (Lipinski definition) is 1. The first kappa shape index (κ1) is 14.6. The normalized spacial score (nSPS) is 52.9. The van der Waals surface area contributed by atoms with E-state index >= 15 is 0 Å². The summed E-state index contributed by atoms with van der Waals surface area (Å²) in [6.07, 6.45) is 6.50. The lowest BCUT2D eigenvalue weighted by Crippen LogP contribution is -2.47. The molecule has 3 rings (SSSR count). The molecule has 0 amide bonds. The lowest BCUT2D eigenvalue weighted by Gasteiger charge is -2.51. The predicted octanol–water partition coefficient (Wildman–Crippen LogP) is 5.09. The number of fused-ring (bicyclic) bond motifs is 1. The number of hydrogen-bond donors (Lipinski definition) is 0. The molecule has 3 fully saturated rings. The van der Waals surface area contributed by atoms with Gasteiger partial charge in [0.05, 0.1) is 0 Å². The minimum atomic E-state index is 0.227. The average molecular weight is 276 g/mol. The maximum Gasteiger partial charge on any atom is 0.133 e. The van der Waals surface area contributed by atoms with Gasteiger partial charge in [0.1, 0.15) is 5.78 Å². The van der Waals surface area contributed by atoms with Crippen molar-refractivity contribution in [2.75, 3.05) is 0 Å². The Morgan fingerprint density at radius 2 is 1.75 bits per heavy atom. The monoisotopic (exact) mass is 276 g/mol. The lowest BCUT2D eigenvalue weighted by atomic mass is 9.52. The van der Waals surface area contributed by atoms with Crippen molar-refractivity contribution in [2.24, 2.45) is 39.9 Å². The van der Waals surface area contributed by atoms with Crippen molar-refractivity contribution in [1.29, 1.82) is 0 Å². The van der Waals surface area contributed by atoms with E-state index in [1.54, 1.807) is 0 Å². The minimum absolute atomic E-state index is 0.227. The van der Waals surface area contributed by atoms with E-state index in [0.29, 0.717) is 22.5 Å². The number of carbonyl (C=O) groups is 1. The molecule has 3 aliphatic carbocycles. The van der Waals surface area contributed by atoms with Gasteiger partial charge in [-0.3, -0.25) is 4.79 Å². The van der Waals surface area contributed by atoms with Gasteiger partial charge in [-0.15, -0.1) is 0 Å². The Morgan fingerprint density at radius 3 is 2.30 bits per heavy atom. The third-order valence-electron chi connectivity index (χ3n) is 8.37. The Morgan fingerprint density at radius 1 is 1.10 bits per heavy atom. The Kier molecular flexibility index (Phi) is 3.00. The van der Waals surface area contributed by atoms with Gasteiger partial charge in [-0.05, 0) is 73.0 Å². The van der Waals surface area contributed by atoms with Crippen LogP contribution in [0.15, 0.2) is 0 Å². The Labute approximate surface area is 124 Å². The predicted molar refractivity (Wildman–Crippen MR) is 83.4 cm³/mol. The summed E-state index contributed by atoms with van der Waals surface area (Å²) in [6, 6.07) is 0. The first-order valence-electron chi connectivity index (χ1n) is 8.70. The molecule has 0 heterocycles. The van der Waals surface area contributed by atoms with Crippen molar-refractivity contribution >= 4 is 5.78 Å². The lowest BCUT2D eigenvalue weighted by molar-refractivity contribution is -0.133. The molecular formula is C19H32O. The van der Waals surface area contributed by atoms with Crippen LogP contribution < -0.4 is 0 Å². The van der Waals surface area contributed by atoms with Gasteiger partial charge in [0.2, 0.25) is 0 Å². The maximum atomic E-state index is 12.4. The molecule has 3 saturated carbocycles. The zero-order chi connectivity index (χ0) is 14.9. The van der Waals surface area contributed by atoms with Crippen LogP contribution in [-0.4, -0.2) is 5.78 Å². The summed E-state index contributed by atoms with van der Waals surface area (Å²) in [7, 11) is 0. The van der Waals surface area contributed by atoms with Crippen molar-refractivity contribution in [3.63, 3.8) is 0 Å². The van der Waals surface area contributed by atoms with Crippen molar-refractivity contribution in [3.05, 3.63) is 0 Å². The van der Waals surface area contributed by atoms with E-state index in [1.807, 2.05) is 6.92 Å². The van der Waals surface area contributed by atoms with Crippen molar-refractivity contribution < 1.29 is 4.79 Å². The van der Waals surface area contributed by atoms with Gasteiger partial charge >= 0.3 is 0 Å². The first-order valence-corrected chi connectivity index (χ1v) is 8.70. The van der Waals surface area contributed by atoms with E-state index < -0.39 is 0 Å². The van der Waals surface area contributed by atoms with E-state index in [2.05, 4.69) is 34.6 Å². The summed E-state index contributed by atoms with van der Waals surface area (Å²) in [5.41, 5.74) is 1.13. The summed E-state index contributed by atoms with van der Waals surface area (Å²) in [5.74, 6) is 3.16. The van der Waals surface area contributed by atoms with Gasteiger partial charge in [-0.25, -0.2) is 0 Å². The number of Topliss-reactive ketones (excluding diaryl/α,β-unsaturated/α-hetero) is 1. The fourth-order valence-electron chi connectivity index (χ4n) is 7.14. The van der Waals surface area contributed by atoms with Crippen LogP contribution in [0.25, 0.3) is 0 Å². The molecule has 1 nitrogen and oxygen atoms in total. The van der Waals surface area contributed by atoms with E-state index in [1.165, 1.54) is 25.7 Å². The second kappa shape index (κ2) is 4.11. The van der Waals surface area contributed by atoms with Gasteiger partial charge < -0.3 is 0 Å². The van der Waals surface area contributed by atoms with Crippen LogP contribution in [0.2, 0.25) is 0 Å². The molecular weight excluding hydrogens is 244 g/mol. The third kappa shape index (κ3) is 1.48. The zero-order valence-electron chi connectivity index (χ0n) is 14.3. The second-order valence-electron chi connectivity index (χ2n) is 9.07. The molecule has 0 aliphatic heterocycles. The Balaban J connectivity index is 2.13. The quantitative estimate of drug-likeness (QED) is 0.686. The molecule has 0 aromatic heterocycles. The fourth-order valence-corrected chi connectivity index (χ4v) is 7.14. The van der Waals surface area contributed by atoms with Gasteiger partial charge in [-0.2, -0.15) is 0 Å². The fraction of sp³-hybridized carbons (Fsp3) is 0.947. The maximum absolute atomic E-state index is 12.4. The second-order valence-corrected chi connectivity index (χ2v) is 9.07. The molecule has 0 saturated heterocycles. The van der Waals surface area contributed by atoms with Crippen LogP contribution >= 0.6 is 0 Å². The Hall–Kier alpha value is -0.330. The summed E-state index contributed by atoms with van der Waals surface area (Å²) in [4.78, 5) is 12.4. The van der Waals surface area contributed by atoms with E-state index in [0.717, 1.165) is 24.2 Å². The minimum Gasteiger partial charge on any atom is -0.300 e. The van der Waals surface area contributed by atoms with Crippen molar-refractivity contribution in [3.8, 4) is 0 Å². The highest BCUT2D eigenvalue weighted by Crippen LogP contribution is 2.76. The molecule has 0 radical (unpaired) electrons. The SMILES string of the molecule is CCC1(C)C(C(C)=O)CC23CC1C(C)(C)C2CCC3C. The standard InChI is InChI=1S/C19H32O/c1-7-18(6)14(13(3)20)10-19-11-16(18)17(4,5)15(19)9-8-12(19)2/h12,14-16H,7-11H2,1-6H3. The van der Waals surface area contributed by atoms with Crippen LogP contribution in [-0.2, 0) is 4.79 Å². The van der Waals surface area contributed by atoms with Crippen LogP contribution in [0.4, 0.5) is 0 Å². The summed E-state index contributed by atoms with van der Waals surface area (Å²) >= 11 is 0. The van der Waals surface area contributed by atoms with Crippen LogP contribution in [0, 0.1) is 39.9 Å². The first-order chi connectivity index (χ1) is 9.20.